The van der Waals surface area contributed by atoms with E-state index in [1.165, 1.54) is 24.3 Å². The molecular weight excluding hydrogens is 408 g/mol. The summed E-state index contributed by atoms with van der Waals surface area (Å²) in [5.41, 5.74) is 2.94. The zero-order chi connectivity index (χ0) is 20.4. The molecule has 2 aromatic heterocycles. The van der Waals surface area contributed by atoms with E-state index in [2.05, 4.69) is 15.3 Å². The van der Waals surface area contributed by atoms with Crippen molar-refractivity contribution in [1.29, 1.82) is 0 Å². The zero-order valence-corrected chi connectivity index (χ0v) is 16.7. The summed E-state index contributed by atoms with van der Waals surface area (Å²) in [6, 6.07) is 9.39. The van der Waals surface area contributed by atoms with Crippen molar-refractivity contribution in [2.24, 2.45) is 0 Å². The van der Waals surface area contributed by atoms with Gasteiger partial charge in [-0.2, -0.15) is 0 Å². The van der Waals surface area contributed by atoms with Crippen molar-refractivity contribution in [2.45, 2.75) is 18.9 Å². The first-order chi connectivity index (χ1) is 14.6. The molecule has 0 aliphatic carbocycles. The number of rotatable bonds is 3. The smallest absolute Gasteiger partial charge is 0.167 e. The van der Waals surface area contributed by atoms with Gasteiger partial charge in [0.1, 0.15) is 18.2 Å². The Labute approximate surface area is 175 Å². The molecule has 3 heterocycles. The lowest BCUT2D eigenvalue weighted by molar-refractivity contribution is 0.282. The van der Waals surface area contributed by atoms with Crippen molar-refractivity contribution in [3.05, 3.63) is 53.1 Å². The first-order valence-corrected chi connectivity index (χ1v) is 10.4. The monoisotopic (exact) mass is 425 g/mol. The first kappa shape index (κ1) is 18.0. The van der Waals surface area contributed by atoms with Crippen molar-refractivity contribution in [2.75, 3.05) is 13.2 Å². The molecule has 1 unspecified atom stereocenters. The predicted molar refractivity (Wildman–Crippen MR) is 117 cm³/mol. The van der Waals surface area contributed by atoms with Gasteiger partial charge in [0.25, 0.3) is 0 Å². The van der Waals surface area contributed by atoms with E-state index in [1.807, 2.05) is 0 Å². The highest BCUT2D eigenvalue weighted by Gasteiger charge is 2.24. The molecule has 30 heavy (non-hydrogen) atoms. The molecule has 152 valence electrons. The highest BCUT2D eigenvalue weighted by Crippen LogP contribution is 2.46. The molecule has 4 nitrogen and oxygen atoms in total. The topological polar surface area (TPSA) is 52.8 Å². The van der Waals surface area contributed by atoms with Crippen molar-refractivity contribution in [3.8, 4) is 5.75 Å². The number of H-pyrrole nitrogens is 2. The van der Waals surface area contributed by atoms with Crippen LogP contribution >= 0.6 is 11.6 Å². The van der Waals surface area contributed by atoms with Gasteiger partial charge in [-0.25, -0.2) is 8.78 Å². The van der Waals surface area contributed by atoms with Gasteiger partial charge >= 0.3 is 0 Å². The van der Waals surface area contributed by atoms with Gasteiger partial charge in [-0.3, -0.25) is 0 Å². The van der Waals surface area contributed by atoms with Crippen LogP contribution in [0.3, 0.4) is 0 Å². The molecule has 5 aromatic rings. The lowest BCUT2D eigenvalue weighted by Crippen LogP contribution is -2.28. The van der Waals surface area contributed by atoms with E-state index in [0.717, 1.165) is 30.4 Å². The van der Waals surface area contributed by atoms with Crippen LogP contribution in [0.5, 0.6) is 5.75 Å². The van der Waals surface area contributed by atoms with Gasteiger partial charge in [-0.15, -0.1) is 0 Å². The second kappa shape index (κ2) is 6.59. The zero-order valence-electron chi connectivity index (χ0n) is 15.9. The Kier molecular flexibility index (Phi) is 3.95. The van der Waals surface area contributed by atoms with Gasteiger partial charge in [0.15, 0.2) is 5.75 Å². The van der Waals surface area contributed by atoms with Crippen LogP contribution in [0.1, 0.15) is 12.8 Å². The third-order valence-corrected chi connectivity index (χ3v) is 6.38. The predicted octanol–water partition coefficient (Wildman–Crippen LogP) is 6.02. The van der Waals surface area contributed by atoms with Crippen molar-refractivity contribution >= 4 is 55.2 Å². The fourth-order valence-electron chi connectivity index (χ4n) is 4.60. The Morgan fingerprint density at radius 2 is 1.53 bits per heavy atom. The Morgan fingerprint density at radius 3 is 2.07 bits per heavy atom. The molecule has 0 spiro atoms. The number of fused-ring (bicyclic) bond motifs is 6. The molecule has 0 amide bonds. The van der Waals surface area contributed by atoms with Crippen molar-refractivity contribution in [3.63, 3.8) is 0 Å². The second-order valence-corrected chi connectivity index (χ2v) is 8.26. The summed E-state index contributed by atoms with van der Waals surface area (Å²) in [7, 11) is 0. The number of hydrogen-bond donors (Lipinski definition) is 3. The number of hydrogen-bond acceptors (Lipinski definition) is 2. The quantitative estimate of drug-likeness (QED) is 0.331. The van der Waals surface area contributed by atoms with Gasteiger partial charge in [0.05, 0.1) is 16.1 Å². The number of ether oxygens (including phenoxy) is 1. The molecule has 6 rings (SSSR count). The number of aromatic amines is 2. The van der Waals surface area contributed by atoms with Gasteiger partial charge < -0.3 is 20.0 Å². The van der Waals surface area contributed by atoms with E-state index < -0.39 is 0 Å². The van der Waals surface area contributed by atoms with Crippen LogP contribution in [0, 0.1) is 11.6 Å². The maximum absolute atomic E-state index is 14.0. The van der Waals surface area contributed by atoms with Gasteiger partial charge in [-0.05, 0) is 55.8 Å². The van der Waals surface area contributed by atoms with Crippen LogP contribution in [0.15, 0.2) is 36.4 Å². The molecule has 3 N–H and O–H groups in total. The third-order valence-electron chi connectivity index (χ3n) is 6.01. The number of nitrogens with one attached hydrogen (secondary N) is 3. The van der Waals surface area contributed by atoms with Gasteiger partial charge in [0, 0.05) is 38.6 Å². The maximum atomic E-state index is 14.0. The number of halogens is 3. The Morgan fingerprint density at radius 1 is 0.933 bits per heavy atom. The van der Waals surface area contributed by atoms with Gasteiger partial charge in [-0.1, -0.05) is 11.6 Å². The van der Waals surface area contributed by atoms with Crippen LogP contribution < -0.4 is 10.1 Å². The lowest BCUT2D eigenvalue weighted by Gasteiger charge is -2.14. The summed E-state index contributed by atoms with van der Waals surface area (Å²) >= 11 is 6.87. The molecule has 7 heteroatoms. The van der Waals surface area contributed by atoms with E-state index >= 15 is 0 Å². The lowest BCUT2D eigenvalue weighted by atomic mass is 10.1. The van der Waals surface area contributed by atoms with Crippen LogP contribution in [0.4, 0.5) is 8.78 Å². The van der Waals surface area contributed by atoms with Crippen LogP contribution in [-0.4, -0.2) is 29.2 Å². The molecule has 1 aliphatic rings. The van der Waals surface area contributed by atoms with E-state index in [1.54, 1.807) is 12.1 Å². The van der Waals surface area contributed by atoms with E-state index in [9.17, 15) is 8.78 Å². The highest BCUT2D eigenvalue weighted by atomic mass is 35.5. The third kappa shape index (κ3) is 2.60. The SMILES string of the molecule is Fc1ccc2[nH]c3c(OCC4CCCN4)c4[nH]c5ccc(F)cc5c4c(Cl)c3c2c1. The minimum atomic E-state index is -0.345. The van der Waals surface area contributed by atoms with E-state index in [4.69, 9.17) is 16.3 Å². The molecular formula is C23H18ClF2N3O. The largest absolute Gasteiger partial charge is 0.488 e. The van der Waals surface area contributed by atoms with Crippen molar-refractivity contribution < 1.29 is 13.5 Å². The van der Waals surface area contributed by atoms with Gasteiger partial charge in [0.2, 0.25) is 0 Å². The molecule has 0 radical (unpaired) electrons. The highest BCUT2D eigenvalue weighted by molar-refractivity contribution is 6.45. The van der Waals surface area contributed by atoms with E-state index in [-0.39, 0.29) is 17.7 Å². The first-order valence-electron chi connectivity index (χ1n) is 9.99. The Balaban J connectivity index is 1.71. The normalized spacial score (nSPS) is 17.1. The summed E-state index contributed by atoms with van der Waals surface area (Å²) in [5, 5.41) is 6.58. The molecule has 0 bridgehead atoms. The average molecular weight is 426 g/mol. The molecule has 1 fully saturated rings. The molecule has 1 atom stereocenters. The molecule has 1 aliphatic heterocycles. The summed E-state index contributed by atoms with van der Waals surface area (Å²) < 4.78 is 34.4. The fourth-order valence-corrected chi connectivity index (χ4v) is 4.99. The minimum absolute atomic E-state index is 0.273. The number of benzene rings is 3. The van der Waals surface area contributed by atoms with E-state index in [0.29, 0.717) is 50.0 Å². The molecule has 0 saturated carbocycles. The number of aromatic nitrogens is 2. The summed E-state index contributed by atoms with van der Waals surface area (Å²) in [4.78, 5) is 6.69. The Hall–Kier alpha value is -2.83. The fraction of sp³-hybridized carbons (Fsp3) is 0.217. The molecule has 1 saturated heterocycles. The summed E-state index contributed by atoms with van der Waals surface area (Å²) in [5.74, 6) is -0.0735. The average Bonchev–Trinajstić information content (AvgIpc) is 3.44. The van der Waals surface area contributed by atoms with Crippen LogP contribution in [-0.2, 0) is 0 Å². The second-order valence-electron chi connectivity index (χ2n) is 7.88. The summed E-state index contributed by atoms with van der Waals surface area (Å²) in [6.07, 6.45) is 2.17. The summed E-state index contributed by atoms with van der Waals surface area (Å²) in [6.45, 7) is 1.48. The molecule has 3 aromatic carbocycles. The standard InChI is InChI=1S/C23H18ClF2N3O/c24-20-18-14-8-11(25)3-5-16(14)28-21(18)23(30-10-13-2-1-7-27-13)22-19(20)15-9-12(26)4-6-17(15)29-22/h3-6,8-9,13,27-29H,1-2,7,10H2. The van der Waals surface area contributed by atoms with Crippen LogP contribution in [0.25, 0.3) is 43.6 Å². The minimum Gasteiger partial charge on any atom is -0.488 e. The Bertz CT molecular complexity index is 1350. The van der Waals surface area contributed by atoms with Crippen molar-refractivity contribution in [1.82, 2.24) is 15.3 Å². The van der Waals surface area contributed by atoms with Crippen LogP contribution in [0.2, 0.25) is 5.02 Å². The maximum Gasteiger partial charge on any atom is 0.167 e.